The largest absolute Gasteiger partial charge is 0.371 e. The zero-order valence-electron chi connectivity index (χ0n) is 12.2. The predicted octanol–water partition coefficient (Wildman–Crippen LogP) is 3.89. The van der Waals surface area contributed by atoms with Gasteiger partial charge in [0.2, 0.25) is 0 Å². The molecule has 0 saturated heterocycles. The molecular formula is C15H31NO. The number of ether oxygens (including phenoxy) is 1. The van der Waals surface area contributed by atoms with Crippen molar-refractivity contribution in [3.05, 3.63) is 0 Å². The van der Waals surface area contributed by atoms with Crippen LogP contribution in [0.2, 0.25) is 0 Å². The van der Waals surface area contributed by atoms with E-state index >= 15 is 0 Å². The van der Waals surface area contributed by atoms with Gasteiger partial charge in [-0.1, -0.05) is 46.5 Å². The molecular weight excluding hydrogens is 210 g/mol. The molecule has 0 spiro atoms. The Balaban J connectivity index is 2.60. The van der Waals surface area contributed by atoms with E-state index in [0.29, 0.717) is 12.1 Å². The monoisotopic (exact) mass is 241 g/mol. The highest BCUT2D eigenvalue weighted by Crippen LogP contribution is 2.31. The average Bonchev–Trinajstić information content (AvgIpc) is 2.53. The van der Waals surface area contributed by atoms with Crippen molar-refractivity contribution in [2.24, 2.45) is 0 Å². The van der Waals surface area contributed by atoms with Gasteiger partial charge in [-0.3, -0.25) is 0 Å². The molecule has 0 bridgehead atoms. The van der Waals surface area contributed by atoms with Crippen molar-refractivity contribution < 1.29 is 4.74 Å². The lowest BCUT2D eigenvalue weighted by Crippen LogP contribution is -2.46. The van der Waals surface area contributed by atoms with Crippen LogP contribution in [0, 0.1) is 0 Å². The van der Waals surface area contributed by atoms with Crippen LogP contribution in [0.25, 0.3) is 0 Å². The molecule has 17 heavy (non-hydrogen) atoms. The Kier molecular flexibility index (Phi) is 6.50. The van der Waals surface area contributed by atoms with Gasteiger partial charge in [-0.25, -0.2) is 0 Å². The van der Waals surface area contributed by atoms with Crippen molar-refractivity contribution in [1.29, 1.82) is 0 Å². The van der Waals surface area contributed by atoms with Crippen molar-refractivity contribution in [3.8, 4) is 0 Å². The minimum absolute atomic E-state index is 0.107. The molecule has 0 aromatic heterocycles. The van der Waals surface area contributed by atoms with Gasteiger partial charge in [0.1, 0.15) is 0 Å². The summed E-state index contributed by atoms with van der Waals surface area (Å²) in [6, 6.07) is 0.552. The van der Waals surface area contributed by atoms with Gasteiger partial charge in [-0.2, -0.15) is 0 Å². The molecule has 1 fully saturated rings. The van der Waals surface area contributed by atoms with E-state index < -0.39 is 0 Å². The quantitative estimate of drug-likeness (QED) is 0.712. The summed E-state index contributed by atoms with van der Waals surface area (Å²) in [5.41, 5.74) is 0.107. The molecule has 0 aliphatic heterocycles. The Morgan fingerprint density at radius 1 is 1.06 bits per heavy atom. The summed E-state index contributed by atoms with van der Waals surface area (Å²) < 4.78 is 6.40. The molecule has 0 radical (unpaired) electrons. The molecule has 1 rings (SSSR count). The molecule has 2 nitrogen and oxygen atoms in total. The molecule has 0 heterocycles. The maximum absolute atomic E-state index is 6.40. The van der Waals surface area contributed by atoms with Crippen LogP contribution < -0.4 is 5.32 Å². The summed E-state index contributed by atoms with van der Waals surface area (Å²) in [4.78, 5) is 0. The first-order valence-electron chi connectivity index (χ1n) is 7.49. The van der Waals surface area contributed by atoms with Crippen LogP contribution in [0.15, 0.2) is 0 Å². The highest BCUT2D eigenvalue weighted by atomic mass is 16.5. The lowest BCUT2D eigenvalue weighted by molar-refractivity contribution is -0.0960. The molecule has 0 amide bonds. The second kappa shape index (κ2) is 7.38. The molecule has 0 aromatic carbocycles. The van der Waals surface area contributed by atoms with Crippen LogP contribution in [-0.4, -0.2) is 24.3 Å². The number of nitrogens with one attached hydrogen (secondary N) is 1. The molecule has 1 unspecified atom stereocenters. The third-order valence-electron chi connectivity index (χ3n) is 3.87. The predicted molar refractivity (Wildman–Crippen MR) is 74.4 cm³/mol. The van der Waals surface area contributed by atoms with Gasteiger partial charge in [0, 0.05) is 12.6 Å². The van der Waals surface area contributed by atoms with E-state index in [1.807, 2.05) is 0 Å². The van der Waals surface area contributed by atoms with Gasteiger partial charge in [0.15, 0.2) is 0 Å². The highest BCUT2D eigenvalue weighted by molar-refractivity contribution is 4.87. The van der Waals surface area contributed by atoms with Crippen molar-refractivity contribution in [1.82, 2.24) is 5.32 Å². The van der Waals surface area contributed by atoms with Gasteiger partial charge in [-0.15, -0.1) is 0 Å². The Bertz CT molecular complexity index is 195. The summed E-state index contributed by atoms with van der Waals surface area (Å²) in [7, 11) is 0. The van der Waals surface area contributed by atoms with E-state index in [2.05, 4.69) is 33.0 Å². The summed E-state index contributed by atoms with van der Waals surface area (Å²) in [5, 5.41) is 3.59. The molecule has 1 atom stereocenters. The van der Waals surface area contributed by atoms with Gasteiger partial charge >= 0.3 is 0 Å². The SMILES string of the molecule is CCC(C)OC1(CNC(C)C)CCCCCC1. The standard InChI is InChI=1S/C15H31NO/c1-5-14(4)17-15(12-16-13(2)3)10-8-6-7-9-11-15/h13-14,16H,5-12H2,1-4H3. The topological polar surface area (TPSA) is 21.3 Å². The minimum atomic E-state index is 0.107. The Hall–Kier alpha value is -0.0800. The van der Waals surface area contributed by atoms with Crippen molar-refractivity contribution in [3.63, 3.8) is 0 Å². The zero-order chi connectivity index (χ0) is 12.7. The first kappa shape index (κ1) is 15.0. The molecule has 1 aliphatic rings. The zero-order valence-corrected chi connectivity index (χ0v) is 12.2. The number of hydrogen-bond acceptors (Lipinski definition) is 2. The second-order valence-electron chi connectivity index (χ2n) is 5.97. The summed E-state index contributed by atoms with van der Waals surface area (Å²) in [6.45, 7) is 9.88. The van der Waals surface area contributed by atoms with E-state index in [9.17, 15) is 0 Å². The van der Waals surface area contributed by atoms with Crippen molar-refractivity contribution in [2.45, 2.75) is 90.4 Å². The Morgan fingerprint density at radius 3 is 2.12 bits per heavy atom. The Morgan fingerprint density at radius 2 is 1.65 bits per heavy atom. The summed E-state index contributed by atoms with van der Waals surface area (Å²) >= 11 is 0. The maximum Gasteiger partial charge on any atom is 0.0810 e. The van der Waals surface area contributed by atoms with Crippen LogP contribution in [0.1, 0.15) is 72.6 Å². The van der Waals surface area contributed by atoms with Gasteiger partial charge in [0.05, 0.1) is 11.7 Å². The third-order valence-corrected chi connectivity index (χ3v) is 3.87. The normalized spacial score (nSPS) is 22.4. The molecule has 1 saturated carbocycles. The molecule has 2 heteroatoms. The van der Waals surface area contributed by atoms with Gasteiger partial charge in [-0.05, 0) is 26.2 Å². The molecule has 102 valence electrons. The first-order chi connectivity index (χ1) is 8.08. The average molecular weight is 241 g/mol. The van der Waals surface area contributed by atoms with Gasteiger partial charge < -0.3 is 10.1 Å². The molecule has 1 aliphatic carbocycles. The number of rotatable bonds is 6. The second-order valence-corrected chi connectivity index (χ2v) is 5.97. The molecule has 0 aromatic rings. The van der Waals surface area contributed by atoms with Crippen LogP contribution in [0.3, 0.4) is 0 Å². The maximum atomic E-state index is 6.40. The smallest absolute Gasteiger partial charge is 0.0810 e. The third kappa shape index (κ3) is 5.39. The number of hydrogen-bond donors (Lipinski definition) is 1. The summed E-state index contributed by atoms with van der Waals surface area (Å²) in [6.07, 6.45) is 9.40. The lowest BCUT2D eigenvalue weighted by atomic mass is 9.93. The van der Waals surface area contributed by atoms with E-state index in [-0.39, 0.29) is 5.60 Å². The lowest BCUT2D eigenvalue weighted by Gasteiger charge is -2.36. The van der Waals surface area contributed by atoms with E-state index in [1.165, 1.54) is 38.5 Å². The van der Waals surface area contributed by atoms with Crippen LogP contribution >= 0.6 is 0 Å². The van der Waals surface area contributed by atoms with E-state index in [0.717, 1.165) is 13.0 Å². The first-order valence-corrected chi connectivity index (χ1v) is 7.49. The van der Waals surface area contributed by atoms with Crippen LogP contribution in [-0.2, 0) is 4.74 Å². The summed E-state index contributed by atoms with van der Waals surface area (Å²) in [5.74, 6) is 0. The molecule has 1 N–H and O–H groups in total. The fourth-order valence-electron chi connectivity index (χ4n) is 2.61. The fraction of sp³-hybridized carbons (Fsp3) is 1.00. The van der Waals surface area contributed by atoms with E-state index in [4.69, 9.17) is 4.74 Å². The van der Waals surface area contributed by atoms with Crippen molar-refractivity contribution in [2.75, 3.05) is 6.54 Å². The Labute approximate surface area is 108 Å². The van der Waals surface area contributed by atoms with Crippen molar-refractivity contribution >= 4 is 0 Å². The van der Waals surface area contributed by atoms with Gasteiger partial charge in [0.25, 0.3) is 0 Å². The fourth-order valence-corrected chi connectivity index (χ4v) is 2.61. The minimum Gasteiger partial charge on any atom is -0.371 e. The highest BCUT2D eigenvalue weighted by Gasteiger charge is 2.33. The van der Waals surface area contributed by atoms with Crippen LogP contribution in [0.5, 0.6) is 0 Å². The van der Waals surface area contributed by atoms with E-state index in [1.54, 1.807) is 0 Å². The van der Waals surface area contributed by atoms with Crippen LogP contribution in [0.4, 0.5) is 0 Å².